The first kappa shape index (κ1) is 13.3. The van der Waals surface area contributed by atoms with Crippen LogP contribution >= 0.6 is 0 Å². The number of rotatable bonds is 5. The number of para-hydroxylation sites is 1. The first-order chi connectivity index (χ1) is 9.08. The van der Waals surface area contributed by atoms with Gasteiger partial charge in [0.25, 0.3) is 0 Å². The van der Waals surface area contributed by atoms with Crippen LogP contribution in [0.25, 0.3) is 0 Å². The van der Waals surface area contributed by atoms with E-state index in [1.165, 1.54) is 17.0 Å². The van der Waals surface area contributed by atoms with Gasteiger partial charge in [-0.25, -0.2) is 4.39 Å². The number of hydrogen-bond donors (Lipinski definition) is 1. The van der Waals surface area contributed by atoms with Gasteiger partial charge in [-0.3, -0.25) is 9.59 Å². The number of carbonyl (C=O) groups excluding carboxylic acids is 1. The van der Waals surface area contributed by atoms with Gasteiger partial charge in [-0.15, -0.1) is 0 Å². The lowest BCUT2D eigenvalue weighted by Gasteiger charge is -2.16. The van der Waals surface area contributed by atoms with Crippen LogP contribution in [0.3, 0.4) is 0 Å². The van der Waals surface area contributed by atoms with Crippen LogP contribution in [0.1, 0.15) is 6.42 Å². The minimum atomic E-state index is -0.967. The summed E-state index contributed by atoms with van der Waals surface area (Å²) in [6.45, 7) is 0.588. The maximum atomic E-state index is 13.3. The lowest BCUT2D eigenvalue weighted by molar-refractivity contribution is -0.141. The Hall–Kier alpha value is -2.11. The quantitative estimate of drug-likeness (QED) is 0.868. The largest absolute Gasteiger partial charge is 0.489 e. The van der Waals surface area contributed by atoms with Crippen LogP contribution in [-0.2, 0) is 9.59 Å². The number of amides is 1. The van der Waals surface area contributed by atoms with E-state index < -0.39 is 17.7 Å². The molecule has 1 amide bonds. The molecule has 1 aromatic carbocycles. The second-order valence-electron chi connectivity index (χ2n) is 4.36. The van der Waals surface area contributed by atoms with E-state index in [1.807, 2.05) is 0 Å². The smallest absolute Gasteiger partial charge is 0.308 e. The molecule has 0 aromatic heterocycles. The third-order valence-corrected chi connectivity index (χ3v) is 3.02. The first-order valence-corrected chi connectivity index (χ1v) is 5.96. The molecule has 6 heteroatoms. The minimum Gasteiger partial charge on any atom is -0.489 e. The standard InChI is InChI=1S/C13H14FNO4/c14-10-3-1-2-4-11(10)19-6-5-15-8-9(13(17)18)7-12(15)16/h1-4,9H,5-8H2,(H,17,18). The summed E-state index contributed by atoms with van der Waals surface area (Å²) in [4.78, 5) is 23.7. The van der Waals surface area contributed by atoms with E-state index in [-0.39, 0.29) is 37.8 Å². The fourth-order valence-electron chi connectivity index (χ4n) is 1.98. The fourth-order valence-corrected chi connectivity index (χ4v) is 1.98. The van der Waals surface area contributed by atoms with Gasteiger partial charge >= 0.3 is 5.97 Å². The number of benzene rings is 1. The van der Waals surface area contributed by atoms with Crippen LogP contribution in [-0.4, -0.2) is 41.6 Å². The minimum absolute atomic E-state index is 0.0228. The number of likely N-dealkylation sites (tertiary alicyclic amines) is 1. The molecule has 0 saturated carbocycles. The Morgan fingerprint density at radius 1 is 1.47 bits per heavy atom. The van der Waals surface area contributed by atoms with Gasteiger partial charge in [-0.1, -0.05) is 12.1 Å². The normalized spacial score (nSPS) is 18.7. The molecule has 0 spiro atoms. The van der Waals surface area contributed by atoms with Crippen molar-refractivity contribution in [2.45, 2.75) is 6.42 Å². The lowest BCUT2D eigenvalue weighted by Crippen LogP contribution is -2.30. The summed E-state index contributed by atoms with van der Waals surface area (Å²) in [5.41, 5.74) is 0. The van der Waals surface area contributed by atoms with Gasteiger partial charge in [-0.2, -0.15) is 0 Å². The molecule has 1 unspecified atom stereocenters. The van der Waals surface area contributed by atoms with E-state index in [9.17, 15) is 14.0 Å². The number of halogens is 1. The number of hydrogen-bond acceptors (Lipinski definition) is 3. The molecule has 0 bridgehead atoms. The van der Waals surface area contributed by atoms with E-state index in [4.69, 9.17) is 9.84 Å². The Morgan fingerprint density at radius 3 is 2.84 bits per heavy atom. The van der Waals surface area contributed by atoms with Crippen LogP contribution in [0, 0.1) is 11.7 Å². The van der Waals surface area contributed by atoms with Crippen molar-refractivity contribution >= 4 is 11.9 Å². The lowest BCUT2D eigenvalue weighted by atomic mass is 10.1. The van der Waals surface area contributed by atoms with Crippen LogP contribution in [0.15, 0.2) is 24.3 Å². The molecule has 19 heavy (non-hydrogen) atoms. The SMILES string of the molecule is O=C(O)C1CC(=O)N(CCOc2ccccc2F)C1. The predicted molar refractivity (Wildman–Crippen MR) is 64.2 cm³/mol. The molecule has 102 valence electrons. The molecular formula is C13H14FNO4. The maximum Gasteiger partial charge on any atom is 0.308 e. The molecule has 1 saturated heterocycles. The van der Waals surface area contributed by atoms with E-state index in [0.29, 0.717) is 0 Å². The van der Waals surface area contributed by atoms with Gasteiger partial charge < -0.3 is 14.7 Å². The number of carbonyl (C=O) groups is 2. The molecule has 1 fully saturated rings. The molecule has 0 radical (unpaired) electrons. The van der Waals surface area contributed by atoms with Crippen molar-refractivity contribution in [3.63, 3.8) is 0 Å². The molecule has 2 rings (SSSR count). The van der Waals surface area contributed by atoms with Crippen molar-refractivity contribution in [3.8, 4) is 5.75 Å². The van der Waals surface area contributed by atoms with Gasteiger partial charge in [-0.05, 0) is 12.1 Å². The Kier molecular flexibility index (Phi) is 3.99. The highest BCUT2D eigenvalue weighted by atomic mass is 19.1. The highest BCUT2D eigenvalue weighted by Crippen LogP contribution is 2.18. The van der Waals surface area contributed by atoms with Crippen LogP contribution in [0.5, 0.6) is 5.75 Å². The Balaban J connectivity index is 1.82. The molecule has 1 aliphatic heterocycles. The van der Waals surface area contributed by atoms with Crippen LogP contribution in [0.2, 0.25) is 0 Å². The van der Waals surface area contributed by atoms with Gasteiger partial charge in [0.15, 0.2) is 11.6 Å². The van der Waals surface area contributed by atoms with Crippen LogP contribution < -0.4 is 4.74 Å². The monoisotopic (exact) mass is 267 g/mol. The van der Waals surface area contributed by atoms with Crippen LogP contribution in [0.4, 0.5) is 4.39 Å². The van der Waals surface area contributed by atoms with Crippen molar-refractivity contribution in [1.29, 1.82) is 0 Å². The average Bonchev–Trinajstić information content (AvgIpc) is 2.74. The summed E-state index contributed by atoms with van der Waals surface area (Å²) in [6.07, 6.45) is 0.0228. The van der Waals surface area contributed by atoms with Crippen molar-refractivity contribution in [3.05, 3.63) is 30.1 Å². The van der Waals surface area contributed by atoms with Gasteiger partial charge in [0, 0.05) is 13.0 Å². The van der Waals surface area contributed by atoms with Gasteiger partial charge in [0.05, 0.1) is 12.5 Å². The maximum absolute atomic E-state index is 13.3. The molecule has 1 aromatic rings. The van der Waals surface area contributed by atoms with E-state index in [2.05, 4.69) is 0 Å². The summed E-state index contributed by atoms with van der Waals surface area (Å²) in [6, 6.07) is 6.00. The topological polar surface area (TPSA) is 66.8 Å². The summed E-state index contributed by atoms with van der Waals surface area (Å²) in [5, 5.41) is 8.83. The number of carboxylic acids is 1. The van der Waals surface area contributed by atoms with Gasteiger partial charge in [0.2, 0.25) is 5.91 Å². The molecule has 1 aliphatic rings. The van der Waals surface area contributed by atoms with E-state index in [0.717, 1.165) is 0 Å². The molecule has 0 aliphatic carbocycles. The average molecular weight is 267 g/mol. The molecule has 5 nitrogen and oxygen atoms in total. The number of ether oxygens (including phenoxy) is 1. The van der Waals surface area contributed by atoms with Gasteiger partial charge in [0.1, 0.15) is 6.61 Å². The van der Waals surface area contributed by atoms with Crippen molar-refractivity contribution < 1.29 is 23.8 Å². The zero-order chi connectivity index (χ0) is 13.8. The Bertz CT molecular complexity index is 491. The van der Waals surface area contributed by atoms with E-state index in [1.54, 1.807) is 12.1 Å². The summed E-state index contributed by atoms with van der Waals surface area (Å²) < 4.78 is 18.5. The zero-order valence-corrected chi connectivity index (χ0v) is 10.2. The molecule has 1 N–H and O–H groups in total. The number of carboxylic acid groups (broad SMARTS) is 1. The molecule has 1 atom stereocenters. The molecule has 1 heterocycles. The Morgan fingerprint density at radius 2 is 2.21 bits per heavy atom. The zero-order valence-electron chi connectivity index (χ0n) is 10.2. The van der Waals surface area contributed by atoms with Crippen molar-refractivity contribution in [1.82, 2.24) is 4.90 Å². The highest BCUT2D eigenvalue weighted by Gasteiger charge is 2.33. The second kappa shape index (κ2) is 5.69. The number of nitrogens with zero attached hydrogens (tertiary/aromatic N) is 1. The molecular weight excluding hydrogens is 253 g/mol. The summed E-state index contributed by atoms with van der Waals surface area (Å²) in [7, 11) is 0. The fraction of sp³-hybridized carbons (Fsp3) is 0.385. The first-order valence-electron chi connectivity index (χ1n) is 5.96. The van der Waals surface area contributed by atoms with Crippen molar-refractivity contribution in [2.24, 2.45) is 5.92 Å². The predicted octanol–water partition coefficient (Wildman–Crippen LogP) is 1.14. The van der Waals surface area contributed by atoms with E-state index >= 15 is 0 Å². The third-order valence-electron chi connectivity index (χ3n) is 3.02. The number of aliphatic carboxylic acids is 1. The highest BCUT2D eigenvalue weighted by molar-refractivity contribution is 5.86. The Labute approximate surface area is 109 Å². The third kappa shape index (κ3) is 3.21. The second-order valence-corrected chi connectivity index (χ2v) is 4.36. The van der Waals surface area contributed by atoms with Crippen molar-refractivity contribution in [2.75, 3.05) is 19.7 Å². The summed E-state index contributed by atoms with van der Waals surface area (Å²) in [5.74, 6) is -2.15. The summed E-state index contributed by atoms with van der Waals surface area (Å²) >= 11 is 0.